The Morgan fingerprint density at radius 3 is 2.48 bits per heavy atom. The highest BCUT2D eigenvalue weighted by Crippen LogP contribution is 2.17. The fourth-order valence-electron chi connectivity index (χ4n) is 2.53. The third-order valence-electron chi connectivity index (χ3n) is 3.63. The predicted molar refractivity (Wildman–Crippen MR) is 122 cm³/mol. The number of anilines is 1. The largest absolute Gasteiger partial charge is 0.491 e. The van der Waals surface area contributed by atoms with Gasteiger partial charge in [0.1, 0.15) is 12.3 Å². The maximum Gasteiger partial charge on any atom is 0.242 e. The van der Waals surface area contributed by atoms with Gasteiger partial charge in [-0.3, -0.25) is 4.79 Å². The molecule has 1 heterocycles. The van der Waals surface area contributed by atoms with E-state index in [2.05, 4.69) is 32.4 Å². The van der Waals surface area contributed by atoms with Gasteiger partial charge in [-0.05, 0) is 76.8 Å². The number of thiophene rings is 1. The first-order valence-corrected chi connectivity index (χ1v) is 10.7. The van der Waals surface area contributed by atoms with E-state index in [4.69, 9.17) is 4.74 Å². The Morgan fingerprint density at radius 1 is 1.17 bits per heavy atom. The second-order valence-electron chi connectivity index (χ2n) is 8.04. The fraction of sp³-hybridized carbons (Fsp3) is 0.455. The fourth-order valence-corrected chi connectivity index (χ4v) is 3.24. The van der Waals surface area contributed by atoms with Gasteiger partial charge in [0.05, 0.1) is 6.10 Å². The van der Waals surface area contributed by atoms with Gasteiger partial charge in [-0.25, -0.2) is 4.99 Å². The van der Waals surface area contributed by atoms with Crippen molar-refractivity contribution >= 4 is 28.9 Å². The normalized spacial score (nSPS) is 12.0. The number of rotatable bonds is 8. The van der Waals surface area contributed by atoms with Crippen LogP contribution in [0.25, 0.3) is 0 Å². The average molecular weight is 417 g/mol. The first-order chi connectivity index (χ1) is 13.7. The first-order valence-electron chi connectivity index (χ1n) is 9.87. The van der Waals surface area contributed by atoms with E-state index in [9.17, 15) is 4.79 Å². The number of carbonyl (C=O) groups is 1. The lowest BCUT2D eigenvalue weighted by atomic mass is 10.1. The van der Waals surface area contributed by atoms with E-state index in [0.29, 0.717) is 5.96 Å². The molecule has 29 heavy (non-hydrogen) atoms. The molecular weight excluding hydrogens is 384 g/mol. The summed E-state index contributed by atoms with van der Waals surface area (Å²) in [6.45, 7) is 10.6. The molecule has 6 nitrogen and oxygen atoms in total. The van der Waals surface area contributed by atoms with E-state index < -0.39 is 0 Å². The van der Waals surface area contributed by atoms with Crippen LogP contribution in [0, 0.1) is 0 Å². The second kappa shape index (κ2) is 10.9. The smallest absolute Gasteiger partial charge is 0.242 e. The quantitative estimate of drug-likeness (QED) is 0.448. The molecule has 0 aliphatic heterocycles. The standard InChI is InChI=1S/C22H32N4O2S/c1-16(2)28-18-10-8-17(9-11-18)25-21(23-13-12-19-7-6-14-29-19)24-15-20(27)26-22(3,4)5/h6-11,14,16H,12-13,15H2,1-5H3,(H,26,27)(H2,23,24,25). The van der Waals surface area contributed by atoms with Gasteiger partial charge in [-0.15, -0.1) is 11.3 Å². The number of benzene rings is 1. The molecule has 0 aliphatic rings. The maximum absolute atomic E-state index is 12.1. The Bertz CT molecular complexity index is 778. The zero-order valence-corrected chi connectivity index (χ0v) is 18.7. The van der Waals surface area contributed by atoms with Crippen LogP contribution in [0.3, 0.4) is 0 Å². The number of nitrogens with one attached hydrogen (secondary N) is 3. The summed E-state index contributed by atoms with van der Waals surface area (Å²) in [5.74, 6) is 1.28. The van der Waals surface area contributed by atoms with Crippen LogP contribution < -0.4 is 20.7 Å². The lowest BCUT2D eigenvalue weighted by Crippen LogP contribution is -2.42. The molecule has 158 valence electrons. The molecule has 0 fully saturated rings. The molecule has 3 N–H and O–H groups in total. The molecule has 1 aromatic carbocycles. The Kier molecular flexibility index (Phi) is 8.51. The Balaban J connectivity index is 2.00. The molecule has 0 atom stereocenters. The van der Waals surface area contributed by atoms with Crippen LogP contribution in [0.2, 0.25) is 0 Å². The molecule has 0 bridgehead atoms. The monoisotopic (exact) mass is 416 g/mol. The van der Waals surface area contributed by atoms with Crippen molar-refractivity contribution < 1.29 is 9.53 Å². The number of amides is 1. The number of nitrogens with zero attached hydrogens (tertiary/aromatic N) is 1. The highest BCUT2D eigenvalue weighted by molar-refractivity contribution is 7.09. The minimum absolute atomic E-state index is 0.0557. The number of hydrogen-bond acceptors (Lipinski definition) is 4. The minimum atomic E-state index is -0.279. The molecular formula is C22H32N4O2S. The molecule has 0 spiro atoms. The molecule has 0 aliphatic carbocycles. The summed E-state index contributed by atoms with van der Waals surface area (Å²) in [6.07, 6.45) is 1.03. The molecule has 0 unspecified atom stereocenters. The molecule has 0 saturated carbocycles. The molecule has 0 radical (unpaired) electrons. The van der Waals surface area contributed by atoms with Gasteiger partial charge in [-0.2, -0.15) is 0 Å². The summed E-state index contributed by atoms with van der Waals surface area (Å²) in [7, 11) is 0. The summed E-state index contributed by atoms with van der Waals surface area (Å²) in [5.41, 5.74) is 0.596. The SMILES string of the molecule is CC(C)Oc1ccc(NC(=NCC(=O)NC(C)(C)C)NCCc2cccs2)cc1. The van der Waals surface area contributed by atoms with E-state index in [1.54, 1.807) is 11.3 Å². The van der Waals surface area contributed by atoms with Gasteiger partial charge in [0.25, 0.3) is 0 Å². The van der Waals surface area contributed by atoms with Crippen LogP contribution >= 0.6 is 11.3 Å². The Labute approximate surface area is 177 Å². The second-order valence-corrected chi connectivity index (χ2v) is 9.07. The molecule has 2 rings (SSSR count). The number of hydrogen-bond donors (Lipinski definition) is 3. The van der Waals surface area contributed by atoms with Crippen molar-refractivity contribution in [2.45, 2.75) is 52.7 Å². The van der Waals surface area contributed by atoms with Gasteiger partial charge in [-0.1, -0.05) is 6.07 Å². The van der Waals surface area contributed by atoms with E-state index >= 15 is 0 Å². The molecule has 1 aromatic heterocycles. The summed E-state index contributed by atoms with van der Waals surface area (Å²) in [5, 5.41) is 11.6. The summed E-state index contributed by atoms with van der Waals surface area (Å²) in [4.78, 5) is 17.9. The summed E-state index contributed by atoms with van der Waals surface area (Å²) < 4.78 is 5.68. The number of guanidine groups is 1. The molecule has 7 heteroatoms. The van der Waals surface area contributed by atoms with E-state index in [0.717, 1.165) is 24.4 Å². The van der Waals surface area contributed by atoms with Crippen molar-refractivity contribution in [3.05, 3.63) is 46.7 Å². The van der Waals surface area contributed by atoms with Gasteiger partial charge in [0.2, 0.25) is 5.91 Å². The van der Waals surface area contributed by atoms with E-state index in [1.807, 2.05) is 65.0 Å². The van der Waals surface area contributed by atoms with Crippen molar-refractivity contribution in [3.63, 3.8) is 0 Å². The van der Waals surface area contributed by atoms with Crippen molar-refractivity contribution in [2.75, 3.05) is 18.4 Å². The van der Waals surface area contributed by atoms with E-state index in [-0.39, 0.29) is 24.1 Å². The predicted octanol–water partition coefficient (Wildman–Crippen LogP) is 4.05. The van der Waals surface area contributed by atoms with Crippen molar-refractivity contribution in [2.24, 2.45) is 4.99 Å². The third-order valence-corrected chi connectivity index (χ3v) is 4.56. The van der Waals surface area contributed by atoms with Crippen LogP contribution in [-0.2, 0) is 11.2 Å². The van der Waals surface area contributed by atoms with Gasteiger partial charge in [0.15, 0.2) is 5.96 Å². The number of ether oxygens (including phenoxy) is 1. The van der Waals surface area contributed by atoms with Crippen molar-refractivity contribution in [1.29, 1.82) is 0 Å². The van der Waals surface area contributed by atoms with Crippen molar-refractivity contribution in [3.8, 4) is 5.75 Å². The maximum atomic E-state index is 12.1. The minimum Gasteiger partial charge on any atom is -0.491 e. The number of carbonyl (C=O) groups excluding carboxylic acids is 1. The zero-order valence-electron chi connectivity index (χ0n) is 17.9. The van der Waals surface area contributed by atoms with Crippen LogP contribution in [0.4, 0.5) is 5.69 Å². The van der Waals surface area contributed by atoms with Crippen LogP contribution in [-0.4, -0.2) is 36.6 Å². The van der Waals surface area contributed by atoms with Gasteiger partial charge < -0.3 is 20.7 Å². The third kappa shape index (κ3) is 9.47. The lowest BCUT2D eigenvalue weighted by Gasteiger charge is -2.20. The molecule has 1 amide bonds. The summed E-state index contributed by atoms with van der Waals surface area (Å²) in [6, 6.07) is 11.9. The summed E-state index contributed by atoms with van der Waals surface area (Å²) >= 11 is 1.73. The Hall–Kier alpha value is -2.54. The van der Waals surface area contributed by atoms with Gasteiger partial charge in [0, 0.05) is 22.6 Å². The highest BCUT2D eigenvalue weighted by Gasteiger charge is 2.13. The number of aliphatic imine (C=N–C) groups is 1. The van der Waals surface area contributed by atoms with Crippen molar-refractivity contribution in [1.82, 2.24) is 10.6 Å². The Morgan fingerprint density at radius 2 is 1.90 bits per heavy atom. The van der Waals surface area contributed by atoms with Crippen LogP contribution in [0.1, 0.15) is 39.5 Å². The lowest BCUT2D eigenvalue weighted by molar-refractivity contribution is -0.121. The highest BCUT2D eigenvalue weighted by atomic mass is 32.1. The van der Waals surface area contributed by atoms with Gasteiger partial charge >= 0.3 is 0 Å². The zero-order chi connectivity index (χ0) is 21.3. The molecule has 2 aromatic rings. The molecule has 0 saturated heterocycles. The average Bonchev–Trinajstić information content (AvgIpc) is 3.12. The van der Waals surface area contributed by atoms with Crippen LogP contribution in [0.5, 0.6) is 5.75 Å². The first kappa shape index (κ1) is 22.7. The van der Waals surface area contributed by atoms with E-state index in [1.165, 1.54) is 4.88 Å². The topological polar surface area (TPSA) is 74.8 Å². The van der Waals surface area contributed by atoms with Crippen LogP contribution in [0.15, 0.2) is 46.8 Å².